The number of carbonyl (C=O) groups excluding carboxylic acids is 1. The van der Waals surface area contributed by atoms with E-state index in [1.807, 2.05) is 4.98 Å². The molecular weight excluding hydrogens is 379 g/mol. The Hall–Kier alpha value is -3.04. The average Bonchev–Trinajstić information content (AvgIpc) is 2.61. The number of H-pyrrole nitrogens is 1. The molecule has 150 valence electrons. The van der Waals surface area contributed by atoms with Gasteiger partial charge in [0.05, 0.1) is 11.3 Å². The van der Waals surface area contributed by atoms with Gasteiger partial charge in [0, 0.05) is 6.04 Å². The summed E-state index contributed by atoms with van der Waals surface area (Å²) in [6, 6.07) is 3.47. The number of hydrogen-bond donors (Lipinski definition) is 3. The van der Waals surface area contributed by atoms with Crippen LogP contribution in [0.1, 0.15) is 48.0 Å². The first-order valence-corrected chi connectivity index (χ1v) is 8.75. The van der Waals surface area contributed by atoms with Crippen molar-refractivity contribution in [1.29, 1.82) is 0 Å². The Kier molecular flexibility index (Phi) is 5.30. The third kappa shape index (κ3) is 3.95. The molecule has 0 bridgehead atoms. The lowest BCUT2D eigenvalue weighted by atomic mass is 9.95. The Morgan fingerprint density at radius 1 is 1.18 bits per heavy atom. The Balaban J connectivity index is 2.04. The first-order valence-electron chi connectivity index (χ1n) is 8.75. The van der Waals surface area contributed by atoms with Crippen molar-refractivity contribution in [1.82, 2.24) is 14.9 Å². The Labute approximate surface area is 156 Å². The molecule has 0 atom stereocenters. The minimum atomic E-state index is -4.67. The first kappa shape index (κ1) is 19.7. The highest BCUT2D eigenvalue weighted by molar-refractivity contribution is 5.96. The Morgan fingerprint density at radius 3 is 2.50 bits per heavy atom. The van der Waals surface area contributed by atoms with Crippen LogP contribution in [0.2, 0.25) is 0 Å². The zero-order chi connectivity index (χ0) is 20.5. The van der Waals surface area contributed by atoms with Crippen LogP contribution in [-0.4, -0.2) is 26.6 Å². The molecule has 1 fully saturated rings. The van der Waals surface area contributed by atoms with Gasteiger partial charge in [0.1, 0.15) is 0 Å². The maximum absolute atomic E-state index is 12.9. The predicted molar refractivity (Wildman–Crippen MR) is 93.7 cm³/mol. The molecule has 1 aromatic heterocycles. The number of amides is 1. The van der Waals surface area contributed by atoms with Crippen LogP contribution in [0.5, 0.6) is 5.88 Å². The summed E-state index contributed by atoms with van der Waals surface area (Å²) in [5, 5.41) is 13.0. The smallest absolute Gasteiger partial charge is 0.416 e. The summed E-state index contributed by atoms with van der Waals surface area (Å²) in [6.07, 6.45) is -0.360. The van der Waals surface area contributed by atoms with Gasteiger partial charge >= 0.3 is 11.9 Å². The monoisotopic (exact) mass is 397 g/mol. The number of halogens is 3. The molecular formula is C18H18F3N3O4. The molecule has 1 aliphatic rings. The first-order chi connectivity index (χ1) is 13.2. The molecule has 3 rings (SSSR count). The van der Waals surface area contributed by atoms with Crippen LogP contribution in [0, 0.1) is 0 Å². The number of aromatic hydroxyl groups is 1. The molecule has 0 saturated heterocycles. The van der Waals surface area contributed by atoms with Gasteiger partial charge in [-0.3, -0.25) is 14.6 Å². The molecule has 0 unspecified atom stereocenters. The van der Waals surface area contributed by atoms with Gasteiger partial charge in [-0.05, 0) is 31.0 Å². The van der Waals surface area contributed by atoms with Crippen LogP contribution in [0.3, 0.4) is 0 Å². The molecule has 1 aromatic carbocycles. The summed E-state index contributed by atoms with van der Waals surface area (Å²) < 4.78 is 39.3. The summed E-state index contributed by atoms with van der Waals surface area (Å²) in [5.41, 5.74) is -4.37. The second-order valence-corrected chi connectivity index (χ2v) is 6.65. The summed E-state index contributed by atoms with van der Waals surface area (Å²) in [4.78, 5) is 38.6. The lowest BCUT2D eigenvalue weighted by Gasteiger charge is -2.23. The van der Waals surface area contributed by atoms with Gasteiger partial charge in [0.15, 0.2) is 5.56 Å². The number of aromatic amines is 1. The minimum Gasteiger partial charge on any atom is -0.493 e. The number of nitrogens with one attached hydrogen (secondary N) is 2. The fraction of sp³-hybridized carbons (Fsp3) is 0.389. The van der Waals surface area contributed by atoms with E-state index in [1.165, 1.54) is 0 Å². The van der Waals surface area contributed by atoms with Gasteiger partial charge in [-0.15, -0.1) is 0 Å². The van der Waals surface area contributed by atoms with Crippen LogP contribution in [0.4, 0.5) is 13.2 Å². The SMILES string of the molecule is O=C(NC1CCCCC1)c1c(O)n(-c2cccc(C(F)(F)F)c2)c(=O)[nH]c1=O. The van der Waals surface area contributed by atoms with E-state index in [1.54, 1.807) is 0 Å². The molecule has 0 spiro atoms. The molecule has 3 N–H and O–H groups in total. The van der Waals surface area contributed by atoms with Gasteiger partial charge in [0.25, 0.3) is 11.5 Å². The summed E-state index contributed by atoms with van der Waals surface area (Å²) >= 11 is 0. The van der Waals surface area contributed by atoms with E-state index < -0.39 is 40.3 Å². The van der Waals surface area contributed by atoms with E-state index in [-0.39, 0.29) is 11.7 Å². The highest BCUT2D eigenvalue weighted by atomic mass is 19.4. The van der Waals surface area contributed by atoms with Crippen LogP contribution in [0.25, 0.3) is 5.69 Å². The highest BCUT2D eigenvalue weighted by Crippen LogP contribution is 2.30. The van der Waals surface area contributed by atoms with E-state index in [2.05, 4.69) is 5.32 Å². The van der Waals surface area contributed by atoms with Crippen molar-refractivity contribution < 1.29 is 23.1 Å². The van der Waals surface area contributed by atoms with E-state index >= 15 is 0 Å². The summed E-state index contributed by atoms with van der Waals surface area (Å²) in [7, 11) is 0. The molecule has 2 aromatic rings. The standard InChI is InChI=1S/C18H18F3N3O4/c19-18(20,21)10-5-4-8-12(9-10)24-16(27)13(15(26)23-17(24)28)14(25)22-11-6-2-1-3-7-11/h4-5,8-9,11,27H,1-3,6-7H2,(H,22,25)(H,23,26,28). The Morgan fingerprint density at radius 2 is 1.86 bits per heavy atom. The predicted octanol–water partition coefficient (Wildman–Crippen LogP) is 2.31. The number of carbonyl (C=O) groups is 1. The zero-order valence-electron chi connectivity index (χ0n) is 14.7. The molecule has 1 aliphatic carbocycles. The number of rotatable bonds is 3. The fourth-order valence-electron chi connectivity index (χ4n) is 3.30. The summed E-state index contributed by atoms with van der Waals surface area (Å²) in [6.45, 7) is 0. The topological polar surface area (TPSA) is 104 Å². The average molecular weight is 397 g/mol. The fourth-order valence-corrected chi connectivity index (χ4v) is 3.30. The molecule has 0 aliphatic heterocycles. The molecule has 10 heteroatoms. The normalized spacial score (nSPS) is 15.4. The highest BCUT2D eigenvalue weighted by Gasteiger charge is 2.31. The molecule has 1 saturated carbocycles. The van der Waals surface area contributed by atoms with Crippen molar-refractivity contribution >= 4 is 5.91 Å². The maximum Gasteiger partial charge on any atom is 0.416 e. The zero-order valence-corrected chi connectivity index (χ0v) is 14.7. The number of aromatic nitrogens is 2. The maximum atomic E-state index is 12.9. The number of nitrogens with zero attached hydrogens (tertiary/aromatic N) is 1. The quantitative estimate of drug-likeness (QED) is 0.739. The van der Waals surface area contributed by atoms with Gasteiger partial charge in [-0.2, -0.15) is 13.2 Å². The van der Waals surface area contributed by atoms with E-state index in [0.717, 1.165) is 50.3 Å². The number of alkyl halides is 3. The second kappa shape index (κ2) is 7.53. The lowest BCUT2D eigenvalue weighted by Crippen LogP contribution is -2.41. The van der Waals surface area contributed by atoms with Crippen molar-refractivity contribution in [2.24, 2.45) is 0 Å². The molecule has 1 amide bonds. The van der Waals surface area contributed by atoms with Gasteiger partial charge in [0.2, 0.25) is 5.88 Å². The Bertz CT molecular complexity index is 1000. The van der Waals surface area contributed by atoms with Crippen LogP contribution in [0.15, 0.2) is 33.9 Å². The third-order valence-electron chi connectivity index (χ3n) is 4.69. The summed E-state index contributed by atoms with van der Waals surface area (Å²) in [5.74, 6) is -1.90. The van der Waals surface area contributed by atoms with Crippen LogP contribution < -0.4 is 16.6 Å². The molecule has 7 nitrogen and oxygen atoms in total. The van der Waals surface area contributed by atoms with Crippen molar-refractivity contribution in [3.8, 4) is 11.6 Å². The molecule has 1 heterocycles. The number of hydrogen-bond acceptors (Lipinski definition) is 4. The van der Waals surface area contributed by atoms with Crippen molar-refractivity contribution in [2.75, 3.05) is 0 Å². The van der Waals surface area contributed by atoms with E-state index in [4.69, 9.17) is 0 Å². The van der Waals surface area contributed by atoms with Crippen molar-refractivity contribution in [3.63, 3.8) is 0 Å². The van der Waals surface area contributed by atoms with Gasteiger partial charge in [-0.25, -0.2) is 9.36 Å². The van der Waals surface area contributed by atoms with Crippen LogP contribution in [-0.2, 0) is 6.18 Å². The van der Waals surface area contributed by atoms with E-state index in [0.29, 0.717) is 10.6 Å². The second-order valence-electron chi connectivity index (χ2n) is 6.65. The van der Waals surface area contributed by atoms with Crippen molar-refractivity contribution in [2.45, 2.75) is 44.3 Å². The minimum absolute atomic E-state index is 0.172. The van der Waals surface area contributed by atoms with Crippen molar-refractivity contribution in [3.05, 3.63) is 56.2 Å². The van der Waals surface area contributed by atoms with Crippen LogP contribution >= 0.6 is 0 Å². The van der Waals surface area contributed by atoms with Gasteiger partial charge in [-0.1, -0.05) is 25.3 Å². The number of benzene rings is 1. The molecule has 0 radical (unpaired) electrons. The lowest BCUT2D eigenvalue weighted by molar-refractivity contribution is -0.137. The molecule has 28 heavy (non-hydrogen) atoms. The van der Waals surface area contributed by atoms with E-state index in [9.17, 15) is 32.7 Å². The van der Waals surface area contributed by atoms with Gasteiger partial charge < -0.3 is 10.4 Å². The third-order valence-corrected chi connectivity index (χ3v) is 4.69. The largest absolute Gasteiger partial charge is 0.493 e.